The summed E-state index contributed by atoms with van der Waals surface area (Å²) >= 11 is 0. The topological polar surface area (TPSA) is 58.3 Å². The van der Waals surface area contributed by atoms with Crippen LogP contribution in [-0.2, 0) is 13.1 Å². The van der Waals surface area contributed by atoms with Crippen LogP contribution in [0.3, 0.4) is 0 Å². The fraction of sp³-hybridized carbons (Fsp3) is 0.308. The first-order valence-corrected chi connectivity index (χ1v) is 5.78. The van der Waals surface area contributed by atoms with Crippen LogP contribution in [-0.4, -0.2) is 10.3 Å². The van der Waals surface area contributed by atoms with Crippen LogP contribution in [0.4, 0.5) is 8.78 Å². The van der Waals surface area contributed by atoms with Crippen molar-refractivity contribution in [2.24, 2.45) is 0 Å². The molecule has 0 bridgehead atoms. The van der Waals surface area contributed by atoms with Gasteiger partial charge in [-0.05, 0) is 31.5 Å². The van der Waals surface area contributed by atoms with Crippen LogP contribution in [0.1, 0.15) is 22.6 Å². The highest BCUT2D eigenvalue weighted by Gasteiger charge is 2.11. The zero-order valence-corrected chi connectivity index (χ0v) is 10.6. The van der Waals surface area contributed by atoms with Gasteiger partial charge in [-0.3, -0.25) is 0 Å². The van der Waals surface area contributed by atoms with E-state index in [0.29, 0.717) is 17.9 Å². The van der Waals surface area contributed by atoms with Crippen molar-refractivity contribution < 1.29 is 18.4 Å². The van der Waals surface area contributed by atoms with E-state index in [9.17, 15) is 8.78 Å². The molecule has 0 radical (unpaired) electrons. The van der Waals surface area contributed by atoms with Gasteiger partial charge < -0.3 is 14.9 Å². The van der Waals surface area contributed by atoms with E-state index < -0.39 is 17.4 Å². The van der Waals surface area contributed by atoms with Gasteiger partial charge in [0.1, 0.15) is 5.76 Å². The molecule has 0 atom stereocenters. The van der Waals surface area contributed by atoms with Crippen LogP contribution >= 0.6 is 0 Å². The molecule has 1 heterocycles. The lowest BCUT2D eigenvalue weighted by Gasteiger charge is -2.06. The van der Waals surface area contributed by atoms with E-state index in [4.69, 9.17) is 9.63 Å². The van der Waals surface area contributed by atoms with Gasteiger partial charge in [0, 0.05) is 18.7 Å². The maximum atomic E-state index is 13.1. The fourth-order valence-corrected chi connectivity index (χ4v) is 1.81. The predicted molar refractivity (Wildman–Crippen MR) is 64.5 cm³/mol. The second-order valence-electron chi connectivity index (χ2n) is 4.31. The summed E-state index contributed by atoms with van der Waals surface area (Å²) in [5, 5.41) is 15.8. The summed E-state index contributed by atoms with van der Waals surface area (Å²) in [6.07, 6.45) is 0. The number of aromatic nitrogens is 1. The molecule has 2 rings (SSSR count). The quantitative estimate of drug-likeness (QED) is 0.894. The van der Waals surface area contributed by atoms with E-state index in [0.717, 1.165) is 23.4 Å². The Morgan fingerprint density at radius 3 is 2.37 bits per heavy atom. The average Bonchev–Trinajstić information content (AvgIpc) is 2.67. The summed E-state index contributed by atoms with van der Waals surface area (Å²) in [5.41, 5.74) is 2.13. The third-order valence-corrected chi connectivity index (χ3v) is 2.89. The molecule has 0 unspecified atom stereocenters. The SMILES string of the molecule is Cc1noc(C)c1CNCc1cc(F)c(O)c(F)c1. The van der Waals surface area contributed by atoms with Gasteiger partial charge in [0.25, 0.3) is 0 Å². The van der Waals surface area contributed by atoms with Gasteiger partial charge in [-0.2, -0.15) is 0 Å². The molecule has 1 aromatic heterocycles. The van der Waals surface area contributed by atoms with Crippen LogP contribution in [0.15, 0.2) is 16.7 Å². The standard InChI is InChI=1S/C13H14F2N2O2/c1-7-10(8(2)19-17-7)6-16-5-9-3-11(14)13(18)12(15)4-9/h3-4,16,18H,5-6H2,1-2H3. The van der Waals surface area contributed by atoms with Crippen molar-refractivity contribution in [1.29, 1.82) is 0 Å². The maximum Gasteiger partial charge on any atom is 0.187 e. The van der Waals surface area contributed by atoms with Crippen LogP contribution in [0.5, 0.6) is 5.75 Å². The van der Waals surface area contributed by atoms with Gasteiger partial charge >= 0.3 is 0 Å². The monoisotopic (exact) mass is 268 g/mol. The first kappa shape index (κ1) is 13.5. The van der Waals surface area contributed by atoms with E-state index in [1.165, 1.54) is 0 Å². The van der Waals surface area contributed by atoms with Crippen LogP contribution in [0.25, 0.3) is 0 Å². The molecule has 19 heavy (non-hydrogen) atoms. The molecule has 0 aliphatic carbocycles. The van der Waals surface area contributed by atoms with Crippen LogP contribution < -0.4 is 5.32 Å². The molecule has 0 spiro atoms. The Morgan fingerprint density at radius 2 is 1.84 bits per heavy atom. The Kier molecular flexibility index (Phi) is 3.80. The highest BCUT2D eigenvalue weighted by molar-refractivity contribution is 5.30. The smallest absolute Gasteiger partial charge is 0.187 e. The minimum atomic E-state index is -0.964. The minimum absolute atomic E-state index is 0.276. The van der Waals surface area contributed by atoms with Gasteiger partial charge in [-0.15, -0.1) is 0 Å². The molecule has 102 valence electrons. The van der Waals surface area contributed by atoms with Crippen molar-refractivity contribution in [2.75, 3.05) is 0 Å². The summed E-state index contributed by atoms with van der Waals surface area (Å²) in [4.78, 5) is 0. The summed E-state index contributed by atoms with van der Waals surface area (Å²) in [6.45, 7) is 4.40. The normalized spacial score (nSPS) is 10.9. The number of rotatable bonds is 4. The van der Waals surface area contributed by atoms with Crippen molar-refractivity contribution in [1.82, 2.24) is 10.5 Å². The van der Waals surface area contributed by atoms with Gasteiger partial charge in [-0.1, -0.05) is 5.16 Å². The number of benzene rings is 1. The van der Waals surface area contributed by atoms with E-state index in [1.807, 2.05) is 6.92 Å². The van der Waals surface area contributed by atoms with Gasteiger partial charge in [0.15, 0.2) is 17.4 Å². The van der Waals surface area contributed by atoms with Crippen molar-refractivity contribution in [3.05, 3.63) is 46.3 Å². The second kappa shape index (κ2) is 5.36. The Labute approximate surface area is 109 Å². The molecule has 0 aliphatic rings. The van der Waals surface area contributed by atoms with Crippen molar-refractivity contribution in [2.45, 2.75) is 26.9 Å². The zero-order chi connectivity index (χ0) is 14.0. The molecule has 2 N–H and O–H groups in total. The number of aromatic hydroxyl groups is 1. The van der Waals surface area contributed by atoms with Crippen LogP contribution in [0.2, 0.25) is 0 Å². The fourth-order valence-electron chi connectivity index (χ4n) is 1.81. The van der Waals surface area contributed by atoms with Crippen molar-refractivity contribution >= 4 is 0 Å². The third-order valence-electron chi connectivity index (χ3n) is 2.89. The maximum absolute atomic E-state index is 13.1. The lowest BCUT2D eigenvalue weighted by atomic mass is 10.1. The van der Waals surface area contributed by atoms with E-state index >= 15 is 0 Å². The molecule has 0 fully saturated rings. The molecule has 0 amide bonds. The minimum Gasteiger partial charge on any atom is -0.503 e. The molecule has 4 nitrogen and oxygen atoms in total. The third kappa shape index (κ3) is 2.90. The predicted octanol–water partition coefficient (Wildman–Crippen LogP) is 2.57. The van der Waals surface area contributed by atoms with Crippen molar-refractivity contribution in [3.8, 4) is 5.75 Å². The number of nitrogens with one attached hydrogen (secondary N) is 1. The van der Waals surface area contributed by atoms with Crippen molar-refractivity contribution in [3.63, 3.8) is 0 Å². The van der Waals surface area contributed by atoms with Gasteiger partial charge in [0.2, 0.25) is 0 Å². The molecular weight excluding hydrogens is 254 g/mol. The summed E-state index contributed by atoms with van der Waals surface area (Å²) in [5.74, 6) is -2.16. The van der Waals surface area contributed by atoms with Gasteiger partial charge in [0.05, 0.1) is 5.69 Å². The van der Waals surface area contributed by atoms with Gasteiger partial charge in [-0.25, -0.2) is 8.78 Å². The summed E-state index contributed by atoms with van der Waals surface area (Å²) in [6, 6.07) is 2.19. The van der Waals surface area contributed by atoms with E-state index in [-0.39, 0.29) is 6.54 Å². The number of halogens is 2. The Hall–Kier alpha value is -1.95. The number of phenols is 1. The summed E-state index contributed by atoms with van der Waals surface area (Å²) in [7, 11) is 0. The number of nitrogens with zero attached hydrogens (tertiary/aromatic N) is 1. The number of aryl methyl sites for hydroxylation is 2. The van der Waals surface area contributed by atoms with E-state index in [1.54, 1.807) is 6.92 Å². The highest BCUT2D eigenvalue weighted by atomic mass is 19.1. The lowest BCUT2D eigenvalue weighted by Crippen LogP contribution is -2.14. The average molecular weight is 268 g/mol. The highest BCUT2D eigenvalue weighted by Crippen LogP contribution is 2.21. The first-order chi connectivity index (χ1) is 8.99. The number of hydrogen-bond acceptors (Lipinski definition) is 4. The summed E-state index contributed by atoms with van der Waals surface area (Å²) < 4.78 is 31.3. The molecule has 0 saturated carbocycles. The Morgan fingerprint density at radius 1 is 1.21 bits per heavy atom. The molecule has 1 aromatic carbocycles. The molecule has 0 aliphatic heterocycles. The van der Waals surface area contributed by atoms with E-state index in [2.05, 4.69) is 10.5 Å². The first-order valence-electron chi connectivity index (χ1n) is 5.78. The second-order valence-corrected chi connectivity index (χ2v) is 4.31. The molecule has 2 aromatic rings. The Balaban J connectivity index is 2.00. The number of hydrogen-bond donors (Lipinski definition) is 2. The molecule has 0 saturated heterocycles. The zero-order valence-electron chi connectivity index (χ0n) is 10.6. The molecule has 6 heteroatoms. The largest absolute Gasteiger partial charge is 0.503 e. The van der Waals surface area contributed by atoms with Crippen LogP contribution in [0, 0.1) is 25.5 Å². The Bertz CT molecular complexity index is 554. The lowest BCUT2D eigenvalue weighted by molar-refractivity contribution is 0.391. The number of phenolic OH excluding ortho intramolecular Hbond substituents is 1. The molecular formula is C13H14F2N2O2.